The molecule has 0 N–H and O–H groups in total. The molecular weight excluding hydrogens is 268 g/mol. The molecule has 2 aromatic carbocycles. The first-order chi connectivity index (χ1) is 10.1. The van der Waals surface area contributed by atoms with E-state index in [1.807, 2.05) is 43.3 Å². The van der Waals surface area contributed by atoms with Gasteiger partial charge in [0.1, 0.15) is 17.2 Å². The first-order valence-electron chi connectivity index (χ1n) is 6.72. The standard InChI is InChI=1S/C17H16O4/c1-10-4-5-11-8-15(20-3)14-9-12(19-2)6-7-13(14)16(11)21-17(10)18/h4-10H,1-3H3/t10-/m0/s1. The lowest BCUT2D eigenvalue weighted by molar-refractivity contribution is -0.136. The van der Waals surface area contributed by atoms with Crippen molar-refractivity contribution in [2.75, 3.05) is 14.2 Å². The van der Waals surface area contributed by atoms with Crippen LogP contribution in [0.1, 0.15) is 12.5 Å². The van der Waals surface area contributed by atoms with Crippen molar-refractivity contribution in [3.8, 4) is 17.2 Å². The summed E-state index contributed by atoms with van der Waals surface area (Å²) in [6, 6.07) is 7.47. The highest BCUT2D eigenvalue weighted by Crippen LogP contribution is 2.40. The molecule has 0 bridgehead atoms. The van der Waals surface area contributed by atoms with Crippen LogP contribution >= 0.6 is 0 Å². The zero-order valence-corrected chi connectivity index (χ0v) is 12.2. The van der Waals surface area contributed by atoms with E-state index >= 15 is 0 Å². The van der Waals surface area contributed by atoms with Gasteiger partial charge >= 0.3 is 5.97 Å². The van der Waals surface area contributed by atoms with E-state index in [0.29, 0.717) is 5.75 Å². The summed E-state index contributed by atoms with van der Waals surface area (Å²) in [5, 5.41) is 1.68. The Bertz CT molecular complexity index is 746. The third kappa shape index (κ3) is 2.23. The Morgan fingerprint density at radius 3 is 2.62 bits per heavy atom. The lowest BCUT2D eigenvalue weighted by Crippen LogP contribution is -2.14. The number of benzene rings is 2. The van der Waals surface area contributed by atoms with Crippen LogP contribution in [0.25, 0.3) is 16.8 Å². The van der Waals surface area contributed by atoms with Crippen LogP contribution in [0, 0.1) is 5.92 Å². The van der Waals surface area contributed by atoms with E-state index in [-0.39, 0.29) is 11.9 Å². The molecule has 1 aliphatic heterocycles. The molecule has 0 unspecified atom stereocenters. The largest absolute Gasteiger partial charge is 0.497 e. The van der Waals surface area contributed by atoms with Gasteiger partial charge in [-0.1, -0.05) is 12.2 Å². The van der Waals surface area contributed by atoms with E-state index in [4.69, 9.17) is 14.2 Å². The summed E-state index contributed by atoms with van der Waals surface area (Å²) in [6.45, 7) is 1.81. The Morgan fingerprint density at radius 1 is 1.10 bits per heavy atom. The average molecular weight is 284 g/mol. The molecule has 108 valence electrons. The van der Waals surface area contributed by atoms with Crippen molar-refractivity contribution in [1.82, 2.24) is 0 Å². The zero-order valence-electron chi connectivity index (χ0n) is 12.2. The molecule has 0 aromatic heterocycles. The van der Waals surface area contributed by atoms with Gasteiger partial charge in [0, 0.05) is 16.3 Å². The van der Waals surface area contributed by atoms with Crippen LogP contribution in [0.2, 0.25) is 0 Å². The highest BCUT2D eigenvalue weighted by molar-refractivity contribution is 5.99. The average Bonchev–Trinajstić information content (AvgIpc) is 2.65. The Morgan fingerprint density at radius 2 is 1.90 bits per heavy atom. The first kappa shape index (κ1) is 13.5. The maximum Gasteiger partial charge on any atom is 0.317 e. The summed E-state index contributed by atoms with van der Waals surface area (Å²) in [6.07, 6.45) is 3.74. The van der Waals surface area contributed by atoms with Crippen molar-refractivity contribution in [3.63, 3.8) is 0 Å². The lowest BCUT2D eigenvalue weighted by Gasteiger charge is -2.14. The Labute approximate surface area is 122 Å². The number of fused-ring (bicyclic) bond motifs is 3. The van der Waals surface area contributed by atoms with Crippen molar-refractivity contribution < 1.29 is 19.0 Å². The Kier molecular flexibility index (Phi) is 3.29. The molecular formula is C17H16O4. The number of ether oxygens (including phenoxy) is 3. The molecule has 0 radical (unpaired) electrons. The fourth-order valence-electron chi connectivity index (χ4n) is 2.42. The predicted octanol–water partition coefficient (Wildman–Crippen LogP) is 3.43. The number of carbonyl (C=O) groups excluding carboxylic acids is 1. The van der Waals surface area contributed by atoms with Gasteiger partial charge in [0.25, 0.3) is 0 Å². The molecule has 0 aliphatic carbocycles. The van der Waals surface area contributed by atoms with Crippen molar-refractivity contribution in [2.24, 2.45) is 5.92 Å². The van der Waals surface area contributed by atoms with E-state index in [2.05, 4.69) is 0 Å². The van der Waals surface area contributed by atoms with Crippen molar-refractivity contribution in [3.05, 3.63) is 35.9 Å². The molecule has 0 saturated heterocycles. The van der Waals surface area contributed by atoms with Crippen LogP contribution in [0.5, 0.6) is 17.2 Å². The monoisotopic (exact) mass is 284 g/mol. The SMILES string of the molecule is COc1ccc2c3c(cc(OC)c2c1)C=C[C@H](C)C(=O)O3. The van der Waals surface area contributed by atoms with Crippen LogP contribution in [0.15, 0.2) is 30.3 Å². The normalized spacial score (nSPS) is 17.1. The number of esters is 1. The molecule has 0 fully saturated rings. The van der Waals surface area contributed by atoms with E-state index in [1.54, 1.807) is 14.2 Å². The number of carbonyl (C=O) groups is 1. The summed E-state index contributed by atoms with van der Waals surface area (Å²) in [5.41, 5.74) is 0.835. The third-order valence-corrected chi connectivity index (χ3v) is 3.64. The Balaban J connectivity index is 2.31. The van der Waals surface area contributed by atoms with Gasteiger partial charge in [-0.15, -0.1) is 0 Å². The molecule has 1 aliphatic rings. The minimum atomic E-state index is -0.267. The van der Waals surface area contributed by atoms with Gasteiger partial charge < -0.3 is 14.2 Å². The lowest BCUT2D eigenvalue weighted by atomic mass is 10.0. The maximum absolute atomic E-state index is 12.0. The molecule has 2 aromatic rings. The third-order valence-electron chi connectivity index (χ3n) is 3.64. The summed E-state index contributed by atoms with van der Waals surface area (Å²) in [5.74, 6) is 1.49. The van der Waals surface area contributed by atoms with Gasteiger partial charge in [-0.25, -0.2) is 0 Å². The predicted molar refractivity (Wildman–Crippen MR) is 80.9 cm³/mol. The molecule has 4 nitrogen and oxygen atoms in total. The summed E-state index contributed by atoms with van der Waals surface area (Å²) < 4.78 is 16.3. The number of hydrogen-bond donors (Lipinski definition) is 0. The van der Waals surface area contributed by atoms with E-state index in [0.717, 1.165) is 27.8 Å². The second-order valence-corrected chi connectivity index (χ2v) is 4.98. The Hall–Kier alpha value is -2.49. The van der Waals surface area contributed by atoms with Gasteiger partial charge in [0.15, 0.2) is 0 Å². The fourth-order valence-corrected chi connectivity index (χ4v) is 2.42. The van der Waals surface area contributed by atoms with Gasteiger partial charge in [-0.05, 0) is 31.2 Å². The molecule has 1 heterocycles. The fraction of sp³-hybridized carbons (Fsp3) is 0.235. The van der Waals surface area contributed by atoms with Crippen LogP contribution in [-0.4, -0.2) is 20.2 Å². The summed E-state index contributed by atoms with van der Waals surface area (Å²) in [4.78, 5) is 12.0. The first-order valence-corrected chi connectivity index (χ1v) is 6.72. The van der Waals surface area contributed by atoms with Crippen molar-refractivity contribution in [1.29, 1.82) is 0 Å². The molecule has 1 atom stereocenters. The van der Waals surface area contributed by atoms with Gasteiger partial charge in [0.2, 0.25) is 0 Å². The van der Waals surface area contributed by atoms with Crippen LogP contribution < -0.4 is 14.2 Å². The number of hydrogen-bond acceptors (Lipinski definition) is 4. The summed E-state index contributed by atoms with van der Waals surface area (Å²) >= 11 is 0. The topological polar surface area (TPSA) is 44.8 Å². The van der Waals surface area contributed by atoms with Gasteiger partial charge in [-0.3, -0.25) is 4.79 Å². The van der Waals surface area contributed by atoms with Gasteiger partial charge in [0.05, 0.1) is 20.1 Å². The molecule has 0 saturated carbocycles. The molecule has 3 rings (SSSR count). The van der Waals surface area contributed by atoms with E-state index in [1.165, 1.54) is 0 Å². The minimum Gasteiger partial charge on any atom is -0.497 e. The van der Waals surface area contributed by atoms with Crippen LogP contribution in [-0.2, 0) is 4.79 Å². The molecule has 0 amide bonds. The van der Waals surface area contributed by atoms with E-state index in [9.17, 15) is 4.79 Å². The minimum absolute atomic E-state index is 0.257. The zero-order chi connectivity index (χ0) is 15.0. The second kappa shape index (κ2) is 5.13. The number of rotatable bonds is 2. The maximum atomic E-state index is 12.0. The second-order valence-electron chi connectivity index (χ2n) is 4.98. The van der Waals surface area contributed by atoms with Gasteiger partial charge in [-0.2, -0.15) is 0 Å². The smallest absolute Gasteiger partial charge is 0.317 e. The van der Waals surface area contributed by atoms with E-state index < -0.39 is 0 Å². The number of methoxy groups -OCH3 is 2. The summed E-state index contributed by atoms with van der Waals surface area (Å²) in [7, 11) is 3.23. The highest BCUT2D eigenvalue weighted by Gasteiger charge is 2.21. The van der Waals surface area contributed by atoms with Crippen LogP contribution in [0.3, 0.4) is 0 Å². The highest BCUT2D eigenvalue weighted by atomic mass is 16.5. The van der Waals surface area contributed by atoms with Crippen LogP contribution in [0.4, 0.5) is 0 Å². The molecule has 21 heavy (non-hydrogen) atoms. The van der Waals surface area contributed by atoms with Crippen molar-refractivity contribution >= 4 is 22.8 Å². The van der Waals surface area contributed by atoms with Crippen molar-refractivity contribution in [2.45, 2.75) is 6.92 Å². The molecule has 4 heteroatoms. The molecule has 0 spiro atoms. The quantitative estimate of drug-likeness (QED) is 0.626.